The zero-order valence-corrected chi connectivity index (χ0v) is 14.5. The molecule has 2 aliphatic rings. The van der Waals surface area contributed by atoms with Crippen LogP contribution in [0.1, 0.15) is 19.3 Å². The first-order valence-corrected chi connectivity index (χ1v) is 7.16. The van der Waals surface area contributed by atoms with Gasteiger partial charge in [-0.3, -0.25) is 4.99 Å². The number of guanidine groups is 1. The van der Waals surface area contributed by atoms with E-state index < -0.39 is 0 Å². The molecule has 1 aliphatic heterocycles. The minimum Gasteiger partial charge on any atom is -0.355 e. The summed E-state index contributed by atoms with van der Waals surface area (Å²) in [7, 11) is 4.06. The van der Waals surface area contributed by atoms with E-state index in [9.17, 15) is 0 Å². The highest BCUT2D eigenvalue weighted by atomic mass is 127. The van der Waals surface area contributed by atoms with E-state index in [2.05, 4.69) is 32.5 Å². The van der Waals surface area contributed by atoms with Gasteiger partial charge in [-0.15, -0.1) is 24.0 Å². The predicted molar refractivity (Wildman–Crippen MR) is 91.5 cm³/mol. The summed E-state index contributed by atoms with van der Waals surface area (Å²) in [5.41, 5.74) is 0. The van der Waals surface area contributed by atoms with Crippen molar-refractivity contribution in [3.63, 3.8) is 0 Å². The SMILES string of the molecule is CN=C(NCCN1CCCN(C)CC1)NC1CC1.I. The first-order valence-electron chi connectivity index (χ1n) is 7.16. The predicted octanol–water partition coefficient (Wildman–Crippen LogP) is 0.569. The molecule has 19 heavy (non-hydrogen) atoms. The van der Waals surface area contributed by atoms with Crippen molar-refractivity contribution in [1.29, 1.82) is 0 Å². The van der Waals surface area contributed by atoms with Gasteiger partial charge in [0.15, 0.2) is 5.96 Å². The summed E-state index contributed by atoms with van der Waals surface area (Å²) in [6.45, 7) is 6.92. The van der Waals surface area contributed by atoms with Gasteiger partial charge >= 0.3 is 0 Å². The van der Waals surface area contributed by atoms with Crippen molar-refractivity contribution in [1.82, 2.24) is 20.4 Å². The molecule has 5 nitrogen and oxygen atoms in total. The summed E-state index contributed by atoms with van der Waals surface area (Å²) >= 11 is 0. The Labute approximate surface area is 134 Å². The molecule has 2 fully saturated rings. The van der Waals surface area contributed by atoms with E-state index in [0.29, 0.717) is 6.04 Å². The zero-order chi connectivity index (χ0) is 12.8. The van der Waals surface area contributed by atoms with Gasteiger partial charge in [0.25, 0.3) is 0 Å². The van der Waals surface area contributed by atoms with Gasteiger partial charge in [0.1, 0.15) is 0 Å². The molecule has 1 heterocycles. The molecule has 0 aromatic rings. The number of rotatable bonds is 4. The Hall–Kier alpha value is -0.0800. The largest absolute Gasteiger partial charge is 0.355 e. The monoisotopic (exact) mass is 381 g/mol. The minimum atomic E-state index is 0. The summed E-state index contributed by atoms with van der Waals surface area (Å²) in [6.07, 6.45) is 3.86. The van der Waals surface area contributed by atoms with E-state index in [1.54, 1.807) is 0 Å². The second-order valence-corrected chi connectivity index (χ2v) is 5.42. The highest BCUT2D eigenvalue weighted by molar-refractivity contribution is 14.0. The number of aliphatic imine (C=N–C) groups is 1. The van der Waals surface area contributed by atoms with Crippen LogP contribution in [-0.4, -0.2) is 75.2 Å². The van der Waals surface area contributed by atoms with E-state index in [1.807, 2.05) is 7.05 Å². The van der Waals surface area contributed by atoms with Gasteiger partial charge in [-0.25, -0.2) is 0 Å². The molecule has 0 bridgehead atoms. The molecule has 0 aromatic carbocycles. The maximum atomic E-state index is 4.25. The maximum Gasteiger partial charge on any atom is 0.191 e. The summed E-state index contributed by atoms with van der Waals surface area (Å²) in [4.78, 5) is 9.21. The number of nitrogens with zero attached hydrogens (tertiary/aromatic N) is 3. The average molecular weight is 381 g/mol. The van der Waals surface area contributed by atoms with Crippen LogP contribution >= 0.6 is 24.0 Å². The molecule has 0 aromatic heterocycles. The lowest BCUT2D eigenvalue weighted by atomic mass is 10.4. The summed E-state index contributed by atoms with van der Waals surface area (Å²) in [6, 6.07) is 0.669. The lowest BCUT2D eigenvalue weighted by Gasteiger charge is -2.21. The van der Waals surface area contributed by atoms with E-state index in [-0.39, 0.29) is 24.0 Å². The lowest BCUT2D eigenvalue weighted by Crippen LogP contribution is -2.43. The molecule has 0 amide bonds. The Morgan fingerprint density at radius 2 is 2.00 bits per heavy atom. The third kappa shape index (κ3) is 6.76. The second-order valence-electron chi connectivity index (χ2n) is 5.42. The van der Waals surface area contributed by atoms with Crippen molar-refractivity contribution in [2.75, 3.05) is 53.4 Å². The molecule has 0 spiro atoms. The fraction of sp³-hybridized carbons (Fsp3) is 0.923. The molecule has 2 N–H and O–H groups in total. The third-order valence-electron chi connectivity index (χ3n) is 3.67. The van der Waals surface area contributed by atoms with Crippen molar-refractivity contribution < 1.29 is 0 Å². The van der Waals surface area contributed by atoms with Gasteiger partial charge in [0, 0.05) is 39.3 Å². The van der Waals surface area contributed by atoms with Crippen molar-refractivity contribution in [2.45, 2.75) is 25.3 Å². The number of hydrogen-bond acceptors (Lipinski definition) is 3. The molecule has 1 saturated heterocycles. The van der Waals surface area contributed by atoms with Crippen molar-refractivity contribution in [2.24, 2.45) is 4.99 Å². The van der Waals surface area contributed by atoms with Crippen LogP contribution in [0.25, 0.3) is 0 Å². The fourth-order valence-electron chi connectivity index (χ4n) is 2.27. The molecule has 112 valence electrons. The smallest absolute Gasteiger partial charge is 0.191 e. The second kappa shape index (κ2) is 8.97. The van der Waals surface area contributed by atoms with Gasteiger partial charge in [0.05, 0.1) is 0 Å². The highest BCUT2D eigenvalue weighted by Gasteiger charge is 2.22. The molecular formula is C13H28IN5. The van der Waals surface area contributed by atoms with Crippen molar-refractivity contribution in [3.8, 4) is 0 Å². The Kier molecular flexibility index (Phi) is 8.01. The molecule has 6 heteroatoms. The number of halogens is 1. The zero-order valence-electron chi connectivity index (χ0n) is 12.2. The van der Waals surface area contributed by atoms with E-state index in [0.717, 1.165) is 19.0 Å². The highest BCUT2D eigenvalue weighted by Crippen LogP contribution is 2.18. The Morgan fingerprint density at radius 3 is 2.68 bits per heavy atom. The fourth-order valence-corrected chi connectivity index (χ4v) is 2.27. The Morgan fingerprint density at radius 1 is 1.21 bits per heavy atom. The first-order chi connectivity index (χ1) is 8.78. The maximum absolute atomic E-state index is 4.25. The molecule has 0 atom stereocenters. The molecule has 0 unspecified atom stereocenters. The normalized spacial score (nSPS) is 22.5. The van der Waals surface area contributed by atoms with Crippen LogP contribution in [0.4, 0.5) is 0 Å². The summed E-state index contributed by atoms with van der Waals surface area (Å²) in [5, 5.41) is 6.81. The first kappa shape index (κ1) is 17.0. The van der Waals surface area contributed by atoms with Crippen LogP contribution in [0.15, 0.2) is 4.99 Å². The van der Waals surface area contributed by atoms with Crippen LogP contribution in [0.2, 0.25) is 0 Å². The van der Waals surface area contributed by atoms with E-state index in [4.69, 9.17) is 0 Å². The number of nitrogens with one attached hydrogen (secondary N) is 2. The third-order valence-corrected chi connectivity index (χ3v) is 3.67. The van der Waals surface area contributed by atoms with Gasteiger partial charge in [-0.1, -0.05) is 0 Å². The van der Waals surface area contributed by atoms with Crippen LogP contribution in [0.5, 0.6) is 0 Å². The van der Waals surface area contributed by atoms with Gasteiger partial charge in [0.2, 0.25) is 0 Å². The Balaban J connectivity index is 0.00000180. The van der Waals surface area contributed by atoms with Crippen LogP contribution in [0, 0.1) is 0 Å². The minimum absolute atomic E-state index is 0. The van der Waals surface area contributed by atoms with Gasteiger partial charge in [-0.05, 0) is 39.4 Å². The topological polar surface area (TPSA) is 42.9 Å². The molecule has 0 radical (unpaired) electrons. The molecule has 1 aliphatic carbocycles. The van der Waals surface area contributed by atoms with Gasteiger partial charge in [-0.2, -0.15) is 0 Å². The molecule has 1 saturated carbocycles. The van der Waals surface area contributed by atoms with Crippen molar-refractivity contribution >= 4 is 29.9 Å². The van der Waals surface area contributed by atoms with Crippen molar-refractivity contribution in [3.05, 3.63) is 0 Å². The van der Waals surface area contributed by atoms with Crippen LogP contribution in [0.3, 0.4) is 0 Å². The average Bonchev–Trinajstić information content (AvgIpc) is 3.18. The standard InChI is InChI=1S/C13H27N5.HI/c1-14-13(16-12-4-5-12)15-6-9-18-8-3-7-17(2)10-11-18;/h12H,3-11H2,1-2H3,(H2,14,15,16);1H. The summed E-state index contributed by atoms with van der Waals surface area (Å²) < 4.78 is 0. The Bertz CT molecular complexity index is 280. The van der Waals surface area contributed by atoms with Gasteiger partial charge < -0.3 is 20.4 Å². The van der Waals surface area contributed by atoms with E-state index in [1.165, 1.54) is 45.4 Å². The molecule has 2 rings (SSSR count). The van der Waals surface area contributed by atoms with Crippen LogP contribution in [-0.2, 0) is 0 Å². The lowest BCUT2D eigenvalue weighted by molar-refractivity contribution is 0.280. The quantitative estimate of drug-likeness (QED) is 0.425. The van der Waals surface area contributed by atoms with Crippen LogP contribution < -0.4 is 10.6 Å². The summed E-state index contributed by atoms with van der Waals surface area (Å²) in [5.74, 6) is 0.962. The number of hydrogen-bond donors (Lipinski definition) is 2. The van der Waals surface area contributed by atoms with E-state index >= 15 is 0 Å². The number of likely N-dealkylation sites (N-methyl/N-ethyl adjacent to an activating group) is 1. The molecular weight excluding hydrogens is 353 g/mol.